The van der Waals surface area contributed by atoms with Crippen LogP contribution in [0.4, 0.5) is 18.9 Å². The normalized spacial score (nSPS) is 11.8. The Kier molecular flexibility index (Phi) is 8.45. The Morgan fingerprint density at radius 1 is 1.00 bits per heavy atom. The van der Waals surface area contributed by atoms with Gasteiger partial charge in [-0.2, -0.15) is 13.2 Å². The molecule has 0 spiro atoms. The SMILES string of the molecule is Cc1ccc(S(=O)(=O)N(CC(=O)NCCCc2ccccc2Cl)c2cccc(C(F)(F)F)c2)cc1. The number of anilines is 1. The maximum atomic E-state index is 13.3. The van der Waals surface area contributed by atoms with Crippen molar-refractivity contribution in [2.24, 2.45) is 0 Å². The Balaban J connectivity index is 1.80. The number of alkyl halides is 3. The smallest absolute Gasteiger partial charge is 0.355 e. The van der Waals surface area contributed by atoms with Gasteiger partial charge in [0.05, 0.1) is 16.1 Å². The van der Waals surface area contributed by atoms with Crippen molar-refractivity contribution in [3.8, 4) is 0 Å². The van der Waals surface area contributed by atoms with Crippen LogP contribution < -0.4 is 9.62 Å². The first-order valence-electron chi connectivity index (χ1n) is 10.8. The van der Waals surface area contributed by atoms with E-state index >= 15 is 0 Å². The molecule has 186 valence electrons. The molecule has 1 amide bonds. The number of rotatable bonds is 9. The number of halogens is 4. The Morgan fingerprint density at radius 2 is 1.69 bits per heavy atom. The average Bonchev–Trinajstić information content (AvgIpc) is 2.81. The Bertz CT molecular complexity index is 1280. The summed E-state index contributed by atoms with van der Waals surface area (Å²) in [6, 6.07) is 17.0. The van der Waals surface area contributed by atoms with Gasteiger partial charge in [-0.25, -0.2) is 8.42 Å². The second-order valence-electron chi connectivity index (χ2n) is 7.92. The first kappa shape index (κ1) is 26.6. The number of hydrogen-bond acceptors (Lipinski definition) is 3. The molecule has 3 aromatic carbocycles. The molecule has 0 aromatic heterocycles. The highest BCUT2D eigenvalue weighted by Gasteiger charge is 2.33. The lowest BCUT2D eigenvalue weighted by Gasteiger charge is -2.25. The topological polar surface area (TPSA) is 66.5 Å². The van der Waals surface area contributed by atoms with Crippen LogP contribution in [-0.2, 0) is 27.4 Å². The molecular weight excluding hydrogens is 501 g/mol. The molecule has 0 heterocycles. The van der Waals surface area contributed by atoms with E-state index in [1.165, 1.54) is 18.2 Å². The van der Waals surface area contributed by atoms with Crippen molar-refractivity contribution in [2.45, 2.75) is 30.8 Å². The van der Waals surface area contributed by atoms with Gasteiger partial charge in [0.2, 0.25) is 5.91 Å². The van der Waals surface area contributed by atoms with Gasteiger partial charge in [-0.15, -0.1) is 0 Å². The summed E-state index contributed by atoms with van der Waals surface area (Å²) in [5.41, 5.74) is 0.452. The molecular formula is C25H24ClF3N2O3S. The molecule has 0 aliphatic rings. The van der Waals surface area contributed by atoms with E-state index < -0.39 is 34.2 Å². The van der Waals surface area contributed by atoms with Gasteiger partial charge >= 0.3 is 6.18 Å². The standard InChI is InChI=1S/C25H24ClF3N2O3S/c1-18-11-13-22(14-12-18)35(33,34)31(21-9-4-8-20(16-21)25(27,28)29)17-24(32)30-15-5-7-19-6-2-3-10-23(19)26/h2-4,6,8-14,16H,5,7,15,17H2,1H3,(H,30,32). The van der Waals surface area contributed by atoms with Crippen molar-refractivity contribution in [3.63, 3.8) is 0 Å². The minimum atomic E-state index is -4.67. The summed E-state index contributed by atoms with van der Waals surface area (Å²) in [5, 5.41) is 3.25. The second-order valence-corrected chi connectivity index (χ2v) is 10.2. The van der Waals surface area contributed by atoms with Crippen molar-refractivity contribution in [1.29, 1.82) is 0 Å². The molecule has 35 heavy (non-hydrogen) atoms. The fourth-order valence-electron chi connectivity index (χ4n) is 3.38. The van der Waals surface area contributed by atoms with Crippen LogP contribution in [0.2, 0.25) is 5.02 Å². The van der Waals surface area contributed by atoms with Crippen LogP contribution >= 0.6 is 11.6 Å². The molecule has 1 N–H and O–H groups in total. The first-order valence-corrected chi connectivity index (χ1v) is 12.6. The van der Waals surface area contributed by atoms with E-state index in [1.54, 1.807) is 25.1 Å². The van der Waals surface area contributed by atoms with Gasteiger partial charge in [0.25, 0.3) is 10.0 Å². The average molecular weight is 525 g/mol. The Morgan fingerprint density at radius 3 is 2.34 bits per heavy atom. The molecule has 0 unspecified atom stereocenters. The van der Waals surface area contributed by atoms with Crippen molar-refractivity contribution >= 4 is 33.2 Å². The highest BCUT2D eigenvalue weighted by atomic mass is 35.5. The van der Waals surface area contributed by atoms with Gasteiger partial charge < -0.3 is 5.32 Å². The number of hydrogen-bond donors (Lipinski definition) is 1. The molecule has 3 aromatic rings. The van der Waals surface area contributed by atoms with Crippen LogP contribution in [0.15, 0.2) is 77.7 Å². The summed E-state index contributed by atoms with van der Waals surface area (Å²) < 4.78 is 67.2. The molecule has 0 radical (unpaired) electrons. The van der Waals surface area contributed by atoms with Crippen LogP contribution in [0, 0.1) is 6.92 Å². The molecule has 0 fully saturated rings. The van der Waals surface area contributed by atoms with E-state index in [9.17, 15) is 26.4 Å². The quantitative estimate of drug-likeness (QED) is 0.370. The summed E-state index contributed by atoms with van der Waals surface area (Å²) in [5.74, 6) is -0.641. The number of benzene rings is 3. The van der Waals surface area contributed by atoms with E-state index in [0.717, 1.165) is 29.3 Å². The molecule has 0 saturated heterocycles. The lowest BCUT2D eigenvalue weighted by molar-refractivity contribution is -0.137. The van der Waals surface area contributed by atoms with Crippen molar-refractivity contribution in [1.82, 2.24) is 5.32 Å². The van der Waals surface area contributed by atoms with E-state index in [-0.39, 0.29) is 17.1 Å². The van der Waals surface area contributed by atoms with Crippen LogP contribution in [0.1, 0.15) is 23.1 Å². The predicted molar refractivity (Wildman–Crippen MR) is 130 cm³/mol. The summed E-state index contributed by atoms with van der Waals surface area (Å²) in [6.45, 7) is 1.34. The summed E-state index contributed by atoms with van der Waals surface area (Å²) in [7, 11) is -4.32. The minimum absolute atomic E-state index is 0.132. The minimum Gasteiger partial charge on any atom is -0.355 e. The third-order valence-electron chi connectivity index (χ3n) is 5.26. The molecule has 0 atom stereocenters. The molecule has 5 nitrogen and oxygen atoms in total. The molecule has 0 bridgehead atoms. The zero-order chi connectivity index (χ0) is 25.6. The highest BCUT2D eigenvalue weighted by molar-refractivity contribution is 7.92. The lowest BCUT2D eigenvalue weighted by atomic mass is 10.1. The van der Waals surface area contributed by atoms with Crippen molar-refractivity contribution < 1.29 is 26.4 Å². The Labute approximate surface area is 207 Å². The fraction of sp³-hybridized carbons (Fsp3) is 0.240. The van der Waals surface area contributed by atoms with Gasteiger partial charge in [-0.05, 0) is 61.7 Å². The Hall–Kier alpha value is -3.04. The van der Waals surface area contributed by atoms with Gasteiger partial charge in [0.15, 0.2) is 0 Å². The van der Waals surface area contributed by atoms with E-state index in [4.69, 9.17) is 11.6 Å². The summed E-state index contributed by atoms with van der Waals surface area (Å²) >= 11 is 6.12. The lowest BCUT2D eigenvalue weighted by Crippen LogP contribution is -2.41. The summed E-state index contributed by atoms with van der Waals surface area (Å²) in [6.07, 6.45) is -3.53. The third-order valence-corrected chi connectivity index (χ3v) is 7.42. The van der Waals surface area contributed by atoms with Crippen LogP contribution in [0.3, 0.4) is 0 Å². The number of amides is 1. The molecule has 10 heteroatoms. The van der Waals surface area contributed by atoms with Crippen molar-refractivity contribution in [3.05, 3.63) is 94.5 Å². The van der Waals surface area contributed by atoms with Gasteiger partial charge in [0.1, 0.15) is 6.54 Å². The number of carbonyl (C=O) groups is 1. The number of nitrogens with one attached hydrogen (secondary N) is 1. The highest BCUT2D eigenvalue weighted by Crippen LogP contribution is 2.33. The van der Waals surface area contributed by atoms with Crippen molar-refractivity contribution in [2.75, 3.05) is 17.4 Å². The van der Waals surface area contributed by atoms with E-state index in [1.807, 2.05) is 18.2 Å². The van der Waals surface area contributed by atoms with Gasteiger partial charge in [-0.1, -0.05) is 53.6 Å². The summed E-state index contributed by atoms with van der Waals surface area (Å²) in [4.78, 5) is 12.5. The molecule has 0 aliphatic heterocycles. The van der Waals surface area contributed by atoms with Gasteiger partial charge in [0, 0.05) is 11.6 Å². The maximum absolute atomic E-state index is 13.3. The van der Waals surface area contributed by atoms with Gasteiger partial charge in [-0.3, -0.25) is 9.10 Å². The maximum Gasteiger partial charge on any atom is 0.416 e. The predicted octanol–water partition coefficient (Wildman–Crippen LogP) is 5.61. The zero-order valence-electron chi connectivity index (χ0n) is 18.8. The number of nitrogens with zero attached hydrogens (tertiary/aromatic N) is 1. The van der Waals surface area contributed by atoms with E-state index in [2.05, 4.69) is 5.32 Å². The molecule has 0 aliphatic carbocycles. The van der Waals surface area contributed by atoms with Crippen LogP contribution in [0.5, 0.6) is 0 Å². The van der Waals surface area contributed by atoms with Crippen LogP contribution in [-0.4, -0.2) is 27.4 Å². The van der Waals surface area contributed by atoms with Crippen LogP contribution in [0.25, 0.3) is 0 Å². The second kappa shape index (κ2) is 11.1. The number of aryl methyl sites for hydroxylation is 2. The number of sulfonamides is 1. The third kappa shape index (κ3) is 6.99. The van der Waals surface area contributed by atoms with E-state index in [0.29, 0.717) is 22.2 Å². The largest absolute Gasteiger partial charge is 0.416 e. The monoisotopic (exact) mass is 524 g/mol. The zero-order valence-corrected chi connectivity index (χ0v) is 20.4. The fourth-order valence-corrected chi connectivity index (χ4v) is 5.03. The number of carbonyl (C=O) groups excluding carboxylic acids is 1. The first-order chi connectivity index (χ1) is 16.5. The molecule has 3 rings (SSSR count). The molecule has 0 saturated carbocycles.